The Balaban J connectivity index is 1.98. The third-order valence-corrected chi connectivity index (χ3v) is 3.17. The zero-order chi connectivity index (χ0) is 10.9. The van der Waals surface area contributed by atoms with Crippen molar-refractivity contribution in [3.63, 3.8) is 0 Å². The fourth-order valence-corrected chi connectivity index (χ4v) is 1.95. The molecule has 1 heterocycles. The molecule has 0 aromatic rings. The quantitative estimate of drug-likeness (QED) is 0.678. The van der Waals surface area contributed by atoms with E-state index in [0.717, 1.165) is 19.8 Å². The fraction of sp³-hybridized carbons (Fsp3) is 1.00. The maximum absolute atomic E-state index is 5.43. The lowest BCUT2D eigenvalue weighted by atomic mass is 10.1. The number of nitrogens with zero attached hydrogens (tertiary/aromatic N) is 1. The van der Waals surface area contributed by atoms with Crippen LogP contribution in [0.3, 0.4) is 0 Å². The summed E-state index contributed by atoms with van der Waals surface area (Å²) in [4.78, 5) is 2.54. The molecule has 1 unspecified atom stereocenters. The number of hydrogen-bond acceptors (Lipinski definition) is 3. The van der Waals surface area contributed by atoms with E-state index in [0.29, 0.717) is 6.04 Å². The van der Waals surface area contributed by atoms with Crippen molar-refractivity contribution in [1.29, 1.82) is 0 Å². The lowest BCUT2D eigenvalue weighted by molar-refractivity contribution is 0.141. The van der Waals surface area contributed by atoms with E-state index in [-0.39, 0.29) is 0 Å². The maximum Gasteiger partial charge on any atom is 0.0593 e. The Bertz CT molecular complexity index is 145. The summed E-state index contributed by atoms with van der Waals surface area (Å²) in [6, 6.07) is 0.664. The molecule has 1 rings (SSSR count). The van der Waals surface area contributed by atoms with Crippen LogP contribution in [0.5, 0.6) is 0 Å². The predicted molar refractivity (Wildman–Crippen MR) is 64.2 cm³/mol. The summed E-state index contributed by atoms with van der Waals surface area (Å²) in [6.07, 6.45) is 5.15. The van der Waals surface area contributed by atoms with E-state index in [4.69, 9.17) is 4.74 Å². The molecule has 0 amide bonds. The molecule has 0 aliphatic carbocycles. The van der Waals surface area contributed by atoms with Gasteiger partial charge in [-0.25, -0.2) is 0 Å². The standard InChI is InChI=1S/C12H26N2O/c1-12(13-2)6-3-4-7-14-8-5-10-15-11-9-14/h12-13H,3-11H2,1-2H3. The van der Waals surface area contributed by atoms with Gasteiger partial charge in [-0.05, 0) is 39.8 Å². The number of unbranched alkanes of at least 4 members (excludes halogenated alkanes) is 1. The summed E-state index contributed by atoms with van der Waals surface area (Å²) in [6.45, 7) is 7.73. The van der Waals surface area contributed by atoms with E-state index >= 15 is 0 Å². The third-order valence-electron chi connectivity index (χ3n) is 3.17. The Labute approximate surface area is 94.2 Å². The van der Waals surface area contributed by atoms with E-state index in [9.17, 15) is 0 Å². The SMILES string of the molecule is CNC(C)CCCCN1CCCOCC1. The van der Waals surface area contributed by atoms with Gasteiger partial charge in [-0.3, -0.25) is 0 Å². The highest BCUT2D eigenvalue weighted by atomic mass is 16.5. The zero-order valence-electron chi connectivity index (χ0n) is 10.3. The average molecular weight is 214 g/mol. The molecule has 0 aromatic heterocycles. The van der Waals surface area contributed by atoms with Gasteiger partial charge >= 0.3 is 0 Å². The van der Waals surface area contributed by atoms with Crippen molar-refractivity contribution >= 4 is 0 Å². The first kappa shape index (κ1) is 12.9. The highest BCUT2D eigenvalue weighted by Crippen LogP contribution is 2.04. The topological polar surface area (TPSA) is 24.5 Å². The normalized spacial score (nSPS) is 21.2. The maximum atomic E-state index is 5.43. The van der Waals surface area contributed by atoms with Crippen LogP contribution < -0.4 is 5.32 Å². The molecule has 0 saturated carbocycles. The van der Waals surface area contributed by atoms with Gasteiger partial charge in [0.15, 0.2) is 0 Å². The molecule has 0 aromatic carbocycles. The van der Waals surface area contributed by atoms with Crippen molar-refractivity contribution in [2.24, 2.45) is 0 Å². The molecule has 0 spiro atoms. The minimum atomic E-state index is 0.664. The van der Waals surface area contributed by atoms with Crippen molar-refractivity contribution in [1.82, 2.24) is 10.2 Å². The minimum absolute atomic E-state index is 0.664. The van der Waals surface area contributed by atoms with Crippen LogP contribution in [0.15, 0.2) is 0 Å². The van der Waals surface area contributed by atoms with E-state index < -0.39 is 0 Å². The second-order valence-corrected chi connectivity index (χ2v) is 4.49. The van der Waals surface area contributed by atoms with E-state index in [2.05, 4.69) is 17.1 Å². The summed E-state index contributed by atoms with van der Waals surface area (Å²) in [5.41, 5.74) is 0. The van der Waals surface area contributed by atoms with Crippen molar-refractivity contribution in [2.45, 2.75) is 38.6 Å². The molecule has 3 heteroatoms. The fourth-order valence-electron chi connectivity index (χ4n) is 1.95. The van der Waals surface area contributed by atoms with Gasteiger partial charge in [-0.2, -0.15) is 0 Å². The molecule has 0 radical (unpaired) electrons. The molecular weight excluding hydrogens is 188 g/mol. The van der Waals surface area contributed by atoms with E-state index in [1.165, 1.54) is 38.8 Å². The van der Waals surface area contributed by atoms with Crippen LogP contribution in [0.2, 0.25) is 0 Å². The van der Waals surface area contributed by atoms with Crippen LogP contribution in [-0.2, 0) is 4.74 Å². The Kier molecular flexibility index (Phi) is 6.98. The van der Waals surface area contributed by atoms with Crippen LogP contribution in [0.1, 0.15) is 32.6 Å². The van der Waals surface area contributed by atoms with Gasteiger partial charge in [0.25, 0.3) is 0 Å². The lowest BCUT2D eigenvalue weighted by Crippen LogP contribution is -2.28. The molecular formula is C12H26N2O. The van der Waals surface area contributed by atoms with Gasteiger partial charge in [-0.15, -0.1) is 0 Å². The van der Waals surface area contributed by atoms with Crippen LogP contribution in [0.25, 0.3) is 0 Å². The van der Waals surface area contributed by atoms with E-state index in [1.807, 2.05) is 7.05 Å². The van der Waals surface area contributed by atoms with Crippen molar-refractivity contribution in [3.8, 4) is 0 Å². The summed E-state index contributed by atoms with van der Waals surface area (Å²) < 4.78 is 5.43. The summed E-state index contributed by atoms with van der Waals surface area (Å²) in [5.74, 6) is 0. The van der Waals surface area contributed by atoms with Gasteiger partial charge in [0, 0.05) is 25.7 Å². The number of rotatable bonds is 6. The highest BCUT2D eigenvalue weighted by molar-refractivity contribution is 4.63. The zero-order valence-corrected chi connectivity index (χ0v) is 10.3. The lowest BCUT2D eigenvalue weighted by Gasteiger charge is -2.19. The minimum Gasteiger partial charge on any atom is -0.380 e. The first-order valence-electron chi connectivity index (χ1n) is 6.30. The summed E-state index contributed by atoms with van der Waals surface area (Å²) in [5, 5.41) is 3.28. The van der Waals surface area contributed by atoms with Gasteiger partial charge < -0.3 is 15.0 Å². The van der Waals surface area contributed by atoms with Gasteiger partial charge in [0.05, 0.1) is 6.61 Å². The molecule has 1 atom stereocenters. The molecule has 15 heavy (non-hydrogen) atoms. The van der Waals surface area contributed by atoms with Gasteiger partial charge in [0.2, 0.25) is 0 Å². The van der Waals surface area contributed by atoms with Crippen LogP contribution in [-0.4, -0.2) is 50.8 Å². The highest BCUT2D eigenvalue weighted by Gasteiger charge is 2.08. The molecule has 0 bridgehead atoms. The molecule has 1 fully saturated rings. The smallest absolute Gasteiger partial charge is 0.0593 e. The second-order valence-electron chi connectivity index (χ2n) is 4.49. The Morgan fingerprint density at radius 1 is 1.27 bits per heavy atom. The molecule has 90 valence electrons. The van der Waals surface area contributed by atoms with Gasteiger partial charge in [-0.1, -0.05) is 6.42 Å². The van der Waals surface area contributed by atoms with Crippen molar-refractivity contribution in [2.75, 3.05) is 39.9 Å². The second kappa shape index (κ2) is 8.08. The van der Waals surface area contributed by atoms with Crippen LogP contribution in [0.4, 0.5) is 0 Å². The third kappa shape index (κ3) is 6.13. The van der Waals surface area contributed by atoms with E-state index in [1.54, 1.807) is 0 Å². The first-order valence-corrected chi connectivity index (χ1v) is 6.30. The molecule has 1 saturated heterocycles. The first-order chi connectivity index (χ1) is 7.33. The Morgan fingerprint density at radius 2 is 2.13 bits per heavy atom. The number of ether oxygens (including phenoxy) is 1. The molecule has 3 nitrogen and oxygen atoms in total. The van der Waals surface area contributed by atoms with Crippen molar-refractivity contribution in [3.05, 3.63) is 0 Å². The van der Waals surface area contributed by atoms with Gasteiger partial charge in [0.1, 0.15) is 0 Å². The van der Waals surface area contributed by atoms with Crippen LogP contribution in [0, 0.1) is 0 Å². The number of nitrogens with one attached hydrogen (secondary N) is 1. The molecule has 1 aliphatic rings. The Hall–Kier alpha value is -0.120. The largest absolute Gasteiger partial charge is 0.380 e. The molecule has 1 N–H and O–H groups in total. The summed E-state index contributed by atoms with van der Waals surface area (Å²) in [7, 11) is 2.04. The monoisotopic (exact) mass is 214 g/mol. The predicted octanol–water partition coefficient (Wildman–Crippen LogP) is 1.49. The molecule has 1 aliphatic heterocycles. The Morgan fingerprint density at radius 3 is 2.93 bits per heavy atom. The van der Waals surface area contributed by atoms with Crippen molar-refractivity contribution < 1.29 is 4.74 Å². The summed E-state index contributed by atoms with van der Waals surface area (Å²) >= 11 is 0. The average Bonchev–Trinajstić information content (AvgIpc) is 2.52. The van der Waals surface area contributed by atoms with Crippen LogP contribution >= 0.6 is 0 Å². The number of hydrogen-bond donors (Lipinski definition) is 1.